The molecule has 0 saturated heterocycles. The molecular formula is C26H18FN5O4S. The highest BCUT2D eigenvalue weighted by molar-refractivity contribution is 8.27. The molecule has 0 fully saturated rings. The Morgan fingerprint density at radius 2 is 2.00 bits per heavy atom. The van der Waals surface area contributed by atoms with Crippen molar-refractivity contribution in [2.75, 3.05) is 6.61 Å². The molecule has 3 aromatic rings. The van der Waals surface area contributed by atoms with Gasteiger partial charge in [-0.25, -0.2) is 9.18 Å². The molecule has 184 valence electrons. The number of nitrogens with one attached hydrogen (secondary N) is 1. The second-order valence-electron chi connectivity index (χ2n) is 7.68. The second-order valence-corrected chi connectivity index (χ2v) is 8.63. The van der Waals surface area contributed by atoms with Crippen LogP contribution in [0.5, 0.6) is 11.5 Å². The van der Waals surface area contributed by atoms with Gasteiger partial charge in [0.25, 0.3) is 5.91 Å². The van der Waals surface area contributed by atoms with Crippen LogP contribution >= 0.6 is 11.8 Å². The first-order valence-corrected chi connectivity index (χ1v) is 11.9. The third-order valence-electron chi connectivity index (χ3n) is 5.24. The molecule has 37 heavy (non-hydrogen) atoms. The van der Waals surface area contributed by atoms with Crippen molar-refractivity contribution in [3.8, 4) is 11.5 Å². The van der Waals surface area contributed by atoms with Crippen molar-refractivity contribution in [3.05, 3.63) is 95.1 Å². The first-order valence-electron chi connectivity index (χ1n) is 11.1. The molecule has 0 atom stereocenters. The van der Waals surface area contributed by atoms with Crippen LogP contribution in [0.4, 0.5) is 4.39 Å². The maximum atomic E-state index is 14.0. The summed E-state index contributed by atoms with van der Waals surface area (Å²) in [7, 11) is 0. The van der Waals surface area contributed by atoms with Crippen LogP contribution in [0.15, 0.2) is 82.7 Å². The fourth-order valence-corrected chi connectivity index (χ4v) is 4.39. The summed E-state index contributed by atoms with van der Waals surface area (Å²) in [6.45, 7) is 2.02. The van der Waals surface area contributed by atoms with Gasteiger partial charge in [0, 0.05) is 18.0 Å². The van der Waals surface area contributed by atoms with E-state index in [1.807, 2.05) is 6.07 Å². The van der Waals surface area contributed by atoms with Crippen molar-refractivity contribution >= 4 is 45.8 Å². The summed E-state index contributed by atoms with van der Waals surface area (Å²) in [6.07, 6.45) is 4.77. The summed E-state index contributed by atoms with van der Waals surface area (Å²) in [5, 5.41) is 15.2. The zero-order valence-electron chi connectivity index (χ0n) is 19.3. The molecule has 0 unspecified atom stereocenters. The molecule has 9 nitrogen and oxygen atoms in total. The molecule has 0 bridgehead atoms. The lowest BCUT2D eigenvalue weighted by atomic mass is 10.1. The third kappa shape index (κ3) is 4.89. The number of hydrazone groups is 1. The normalized spacial score (nSPS) is 15.8. The number of nitrogens with zero attached hydrogens (tertiary/aromatic N) is 4. The van der Waals surface area contributed by atoms with E-state index < -0.39 is 17.7 Å². The number of fused-ring (bicyclic) bond motifs is 1. The largest absolute Gasteiger partial charge is 0.490 e. The number of carbonyl (C=O) groups excluding carboxylic acids is 2. The van der Waals surface area contributed by atoms with E-state index in [1.54, 1.807) is 37.5 Å². The Labute approximate surface area is 214 Å². The fraction of sp³-hybridized carbons (Fsp3) is 0.0769. The molecular weight excluding hydrogens is 497 g/mol. The number of rotatable bonds is 6. The van der Waals surface area contributed by atoms with Gasteiger partial charge in [-0.05, 0) is 66.7 Å². The number of halogens is 1. The number of ether oxygens (including phenoxy) is 2. The number of aromatic nitrogens is 1. The van der Waals surface area contributed by atoms with E-state index in [4.69, 9.17) is 14.9 Å². The van der Waals surface area contributed by atoms with Crippen LogP contribution in [-0.4, -0.2) is 44.5 Å². The van der Waals surface area contributed by atoms with Crippen LogP contribution < -0.4 is 9.47 Å². The molecule has 0 saturated carbocycles. The number of hydrogen-bond donors (Lipinski definition) is 1. The quantitative estimate of drug-likeness (QED) is 0.292. The van der Waals surface area contributed by atoms with Crippen LogP contribution in [0.3, 0.4) is 0 Å². The Morgan fingerprint density at radius 3 is 2.76 bits per heavy atom. The summed E-state index contributed by atoms with van der Waals surface area (Å²) in [4.78, 5) is 33.4. The van der Waals surface area contributed by atoms with Gasteiger partial charge in [0.15, 0.2) is 17.3 Å². The zero-order chi connectivity index (χ0) is 25.9. The molecule has 5 rings (SSSR count). The molecule has 2 aliphatic heterocycles. The molecule has 1 N–H and O–H groups in total. The number of amidine groups is 2. The SMILES string of the molecule is CCOc1cc(/C=C2/C(=N)N3N=C(c4cccnc4)SC3=NC2=O)ccc1OC(=O)c1ccccc1F. The predicted molar refractivity (Wildman–Crippen MR) is 137 cm³/mol. The monoisotopic (exact) mass is 515 g/mol. The fourth-order valence-electron chi connectivity index (χ4n) is 3.51. The molecule has 1 aromatic heterocycles. The van der Waals surface area contributed by atoms with Gasteiger partial charge in [-0.1, -0.05) is 18.2 Å². The minimum Gasteiger partial charge on any atom is -0.490 e. The number of esters is 1. The summed E-state index contributed by atoms with van der Waals surface area (Å²) < 4.78 is 25.0. The van der Waals surface area contributed by atoms with Gasteiger partial charge < -0.3 is 9.47 Å². The van der Waals surface area contributed by atoms with E-state index in [1.165, 1.54) is 53.2 Å². The highest BCUT2D eigenvalue weighted by Crippen LogP contribution is 2.33. The Morgan fingerprint density at radius 1 is 1.16 bits per heavy atom. The minimum atomic E-state index is -0.870. The van der Waals surface area contributed by atoms with Gasteiger partial charge in [0.2, 0.25) is 5.17 Å². The molecule has 3 heterocycles. The van der Waals surface area contributed by atoms with Crippen molar-refractivity contribution in [2.45, 2.75) is 6.92 Å². The van der Waals surface area contributed by atoms with Crippen molar-refractivity contribution in [1.29, 1.82) is 5.41 Å². The maximum Gasteiger partial charge on any atom is 0.346 e. The number of pyridine rings is 1. The maximum absolute atomic E-state index is 14.0. The lowest BCUT2D eigenvalue weighted by molar-refractivity contribution is -0.114. The van der Waals surface area contributed by atoms with Crippen LogP contribution in [0.25, 0.3) is 6.08 Å². The lowest BCUT2D eigenvalue weighted by Crippen LogP contribution is -2.35. The van der Waals surface area contributed by atoms with Crippen molar-refractivity contribution < 1.29 is 23.5 Å². The van der Waals surface area contributed by atoms with E-state index in [-0.39, 0.29) is 40.2 Å². The molecule has 2 aliphatic rings. The summed E-state index contributed by atoms with van der Waals surface area (Å²) in [5.74, 6) is -1.98. The number of hydrogen-bond acceptors (Lipinski definition) is 8. The van der Waals surface area contributed by atoms with Gasteiger partial charge in [0.05, 0.1) is 17.7 Å². The number of thioether (sulfide) groups is 1. The zero-order valence-corrected chi connectivity index (χ0v) is 20.2. The first kappa shape index (κ1) is 24.1. The molecule has 2 aromatic carbocycles. The predicted octanol–water partition coefficient (Wildman–Crippen LogP) is 4.51. The van der Waals surface area contributed by atoms with Crippen molar-refractivity contribution in [2.24, 2.45) is 10.1 Å². The topological polar surface area (TPSA) is 117 Å². The lowest BCUT2D eigenvalue weighted by Gasteiger charge is -2.20. The molecule has 1 amide bonds. The van der Waals surface area contributed by atoms with E-state index in [2.05, 4.69) is 15.1 Å². The number of amides is 1. The molecule has 0 radical (unpaired) electrons. The number of aliphatic imine (C=N–C) groups is 1. The Kier molecular flexibility index (Phi) is 6.60. The number of carbonyl (C=O) groups is 2. The van der Waals surface area contributed by atoms with E-state index >= 15 is 0 Å². The molecule has 11 heteroatoms. The average molecular weight is 516 g/mol. The minimum absolute atomic E-state index is 0.0269. The van der Waals surface area contributed by atoms with Gasteiger partial charge in [-0.3, -0.25) is 15.2 Å². The second kappa shape index (κ2) is 10.2. The smallest absolute Gasteiger partial charge is 0.346 e. The Bertz CT molecular complexity index is 1520. The summed E-state index contributed by atoms with van der Waals surface area (Å²) in [6, 6.07) is 13.7. The average Bonchev–Trinajstić information content (AvgIpc) is 3.33. The Balaban J connectivity index is 1.42. The van der Waals surface area contributed by atoms with Gasteiger partial charge in [-0.2, -0.15) is 15.1 Å². The van der Waals surface area contributed by atoms with Crippen molar-refractivity contribution in [3.63, 3.8) is 0 Å². The van der Waals surface area contributed by atoms with Crippen LogP contribution in [0, 0.1) is 11.2 Å². The van der Waals surface area contributed by atoms with Crippen LogP contribution in [0.2, 0.25) is 0 Å². The van der Waals surface area contributed by atoms with Crippen LogP contribution in [0.1, 0.15) is 28.4 Å². The highest BCUT2D eigenvalue weighted by atomic mass is 32.2. The van der Waals surface area contributed by atoms with E-state index in [9.17, 15) is 14.0 Å². The van der Waals surface area contributed by atoms with Crippen molar-refractivity contribution in [1.82, 2.24) is 9.99 Å². The Hall–Kier alpha value is -4.64. The van der Waals surface area contributed by atoms with Crippen LogP contribution in [-0.2, 0) is 4.79 Å². The van der Waals surface area contributed by atoms with E-state index in [0.29, 0.717) is 10.6 Å². The number of benzene rings is 2. The summed E-state index contributed by atoms with van der Waals surface area (Å²) >= 11 is 1.18. The first-order chi connectivity index (χ1) is 17.9. The summed E-state index contributed by atoms with van der Waals surface area (Å²) in [5.41, 5.74) is 1.07. The van der Waals surface area contributed by atoms with Gasteiger partial charge in [0.1, 0.15) is 10.9 Å². The van der Waals surface area contributed by atoms with Gasteiger partial charge >= 0.3 is 5.97 Å². The van der Waals surface area contributed by atoms with E-state index in [0.717, 1.165) is 5.56 Å². The third-order valence-corrected chi connectivity index (χ3v) is 6.20. The standard InChI is InChI=1S/C26H18FN5O4S/c1-2-35-21-13-15(9-10-20(21)36-25(34)17-7-3-4-8-19(17)27)12-18-22(28)32-26(30-23(18)33)37-24(31-32)16-6-5-11-29-14-16/h3-14,28H,2H2,1H3/b18-12-,28-22?. The highest BCUT2D eigenvalue weighted by Gasteiger charge is 2.36. The molecule has 0 aliphatic carbocycles. The molecule has 0 spiro atoms. The van der Waals surface area contributed by atoms with Gasteiger partial charge in [-0.15, -0.1) is 0 Å².